The Morgan fingerprint density at radius 3 is 2.40 bits per heavy atom. The molecular weight excluding hydrogens is 394 g/mol. The van der Waals surface area contributed by atoms with E-state index in [9.17, 15) is 9.59 Å². The van der Waals surface area contributed by atoms with Crippen molar-refractivity contribution in [3.63, 3.8) is 0 Å². The lowest BCUT2D eigenvalue weighted by Gasteiger charge is -2.16. The fraction of sp³-hybridized carbons (Fsp3) is 0.250. The number of carbonyl (C=O) groups excluding carboxylic acids is 2. The van der Waals surface area contributed by atoms with Crippen LogP contribution in [0.3, 0.4) is 0 Å². The van der Waals surface area contributed by atoms with Crippen LogP contribution in [0.2, 0.25) is 0 Å². The molecular formula is C24H27N3O2S. The number of nitrogens with zero attached hydrogens (tertiary/aromatic N) is 1. The molecule has 1 atom stereocenters. The van der Waals surface area contributed by atoms with Crippen molar-refractivity contribution in [3.8, 4) is 11.1 Å². The Morgan fingerprint density at radius 2 is 1.73 bits per heavy atom. The van der Waals surface area contributed by atoms with Crippen LogP contribution >= 0.6 is 11.3 Å². The lowest BCUT2D eigenvalue weighted by molar-refractivity contribution is -0.122. The summed E-state index contributed by atoms with van der Waals surface area (Å²) in [6, 6.07) is 19.5. The van der Waals surface area contributed by atoms with Gasteiger partial charge in [-0.25, -0.2) is 0 Å². The highest BCUT2D eigenvalue weighted by molar-refractivity contribution is 7.12. The summed E-state index contributed by atoms with van der Waals surface area (Å²) in [7, 11) is 4.10. The van der Waals surface area contributed by atoms with Crippen molar-refractivity contribution in [2.75, 3.05) is 14.1 Å². The van der Waals surface area contributed by atoms with E-state index >= 15 is 0 Å². The number of benzene rings is 2. The third kappa shape index (κ3) is 5.78. The predicted octanol–water partition coefficient (Wildman–Crippen LogP) is 3.91. The van der Waals surface area contributed by atoms with E-state index in [2.05, 4.69) is 60.0 Å². The van der Waals surface area contributed by atoms with Crippen molar-refractivity contribution in [2.24, 2.45) is 0 Å². The normalized spacial score (nSPS) is 11.9. The van der Waals surface area contributed by atoms with E-state index in [1.165, 1.54) is 16.9 Å². The van der Waals surface area contributed by atoms with Crippen LogP contribution in [0.25, 0.3) is 11.1 Å². The second-order valence-electron chi connectivity index (χ2n) is 7.48. The highest BCUT2D eigenvalue weighted by Crippen LogP contribution is 2.24. The largest absolute Gasteiger partial charge is 0.350 e. The molecule has 1 unspecified atom stereocenters. The fourth-order valence-electron chi connectivity index (χ4n) is 3.19. The zero-order valence-corrected chi connectivity index (χ0v) is 18.3. The first-order chi connectivity index (χ1) is 14.4. The van der Waals surface area contributed by atoms with Crippen molar-refractivity contribution >= 4 is 23.2 Å². The molecule has 0 saturated heterocycles. The molecule has 0 spiro atoms. The zero-order valence-electron chi connectivity index (χ0n) is 17.5. The predicted molar refractivity (Wildman–Crippen MR) is 122 cm³/mol. The van der Waals surface area contributed by atoms with Crippen LogP contribution < -0.4 is 10.6 Å². The van der Waals surface area contributed by atoms with Gasteiger partial charge in [-0.05, 0) is 54.7 Å². The average molecular weight is 422 g/mol. The Hall–Kier alpha value is -2.96. The molecule has 0 aliphatic carbocycles. The van der Waals surface area contributed by atoms with Crippen molar-refractivity contribution in [1.29, 1.82) is 0 Å². The first kappa shape index (κ1) is 21.7. The van der Waals surface area contributed by atoms with Crippen LogP contribution in [0.4, 0.5) is 0 Å². The van der Waals surface area contributed by atoms with Gasteiger partial charge in [0.15, 0.2) is 0 Å². The van der Waals surface area contributed by atoms with Crippen LogP contribution in [-0.4, -0.2) is 36.9 Å². The maximum atomic E-state index is 12.5. The summed E-state index contributed by atoms with van der Waals surface area (Å²) >= 11 is 1.35. The van der Waals surface area contributed by atoms with Gasteiger partial charge in [0.1, 0.15) is 6.04 Å². The third-order valence-electron chi connectivity index (χ3n) is 4.72. The molecule has 30 heavy (non-hydrogen) atoms. The second kappa shape index (κ2) is 10.2. The molecule has 0 radical (unpaired) electrons. The lowest BCUT2D eigenvalue weighted by Crippen LogP contribution is -2.44. The Balaban J connectivity index is 1.63. The zero-order chi connectivity index (χ0) is 21.5. The molecule has 6 heteroatoms. The Morgan fingerprint density at radius 1 is 1.00 bits per heavy atom. The number of hydrogen-bond acceptors (Lipinski definition) is 4. The van der Waals surface area contributed by atoms with Crippen LogP contribution in [0.1, 0.15) is 27.7 Å². The Bertz CT molecular complexity index is 982. The molecule has 156 valence electrons. The molecule has 5 nitrogen and oxygen atoms in total. The monoisotopic (exact) mass is 421 g/mol. The van der Waals surface area contributed by atoms with E-state index < -0.39 is 6.04 Å². The Kier molecular flexibility index (Phi) is 7.38. The van der Waals surface area contributed by atoms with Crippen molar-refractivity contribution < 1.29 is 9.59 Å². The van der Waals surface area contributed by atoms with Crippen LogP contribution in [-0.2, 0) is 17.9 Å². The van der Waals surface area contributed by atoms with Gasteiger partial charge >= 0.3 is 0 Å². The van der Waals surface area contributed by atoms with Crippen molar-refractivity contribution in [1.82, 2.24) is 15.5 Å². The van der Waals surface area contributed by atoms with Gasteiger partial charge in [0.05, 0.1) is 4.88 Å². The molecule has 2 aromatic carbocycles. The smallest absolute Gasteiger partial charge is 0.261 e. The number of hydrogen-bond donors (Lipinski definition) is 2. The van der Waals surface area contributed by atoms with Gasteiger partial charge in [0.2, 0.25) is 5.91 Å². The first-order valence-corrected chi connectivity index (χ1v) is 10.8. The molecule has 0 fully saturated rings. The maximum absolute atomic E-state index is 12.5. The molecule has 1 aromatic heterocycles. The molecule has 0 aliphatic rings. The molecule has 2 amide bonds. The van der Waals surface area contributed by atoms with E-state index in [1.807, 2.05) is 29.6 Å². The summed E-state index contributed by atoms with van der Waals surface area (Å²) in [5, 5.41) is 7.52. The van der Waals surface area contributed by atoms with E-state index in [1.54, 1.807) is 13.0 Å². The van der Waals surface area contributed by atoms with E-state index in [0.717, 1.165) is 23.2 Å². The summed E-state index contributed by atoms with van der Waals surface area (Å²) in [4.78, 5) is 27.4. The van der Waals surface area contributed by atoms with E-state index in [0.29, 0.717) is 11.4 Å². The molecule has 3 aromatic rings. The minimum Gasteiger partial charge on any atom is -0.350 e. The van der Waals surface area contributed by atoms with Crippen molar-refractivity contribution in [3.05, 3.63) is 82.0 Å². The summed E-state index contributed by atoms with van der Waals surface area (Å²) in [5.41, 5.74) is 4.48. The quantitative estimate of drug-likeness (QED) is 0.580. The van der Waals surface area contributed by atoms with Crippen LogP contribution in [0.15, 0.2) is 66.0 Å². The molecule has 2 N–H and O–H groups in total. The molecule has 0 bridgehead atoms. The standard InChI is InChI=1S/C24H27N3O2S/c1-17(26-24(29)22-9-6-14-30-22)23(28)25-15-20-7-4-5-8-21(20)19-12-10-18(11-13-19)16-27(2)3/h4-14,17H,15-16H2,1-3H3,(H,25,28)(H,26,29). The van der Waals surface area contributed by atoms with Gasteiger partial charge in [-0.1, -0.05) is 54.6 Å². The topological polar surface area (TPSA) is 61.4 Å². The summed E-state index contributed by atoms with van der Waals surface area (Å²) in [6.45, 7) is 2.98. The van der Waals surface area contributed by atoms with Gasteiger partial charge in [-0.3, -0.25) is 9.59 Å². The number of amides is 2. The van der Waals surface area contributed by atoms with Gasteiger partial charge in [0, 0.05) is 13.1 Å². The SMILES string of the molecule is CC(NC(=O)c1cccs1)C(=O)NCc1ccccc1-c1ccc(CN(C)C)cc1. The number of carbonyl (C=O) groups is 2. The fourth-order valence-corrected chi connectivity index (χ4v) is 3.81. The minimum absolute atomic E-state index is 0.212. The third-order valence-corrected chi connectivity index (χ3v) is 5.59. The highest BCUT2D eigenvalue weighted by atomic mass is 32.1. The van der Waals surface area contributed by atoms with Gasteiger partial charge in [-0.15, -0.1) is 11.3 Å². The molecule has 0 aliphatic heterocycles. The number of nitrogens with one attached hydrogen (secondary N) is 2. The molecule has 3 rings (SSSR count). The summed E-state index contributed by atoms with van der Waals surface area (Å²) < 4.78 is 0. The molecule has 1 heterocycles. The van der Waals surface area contributed by atoms with Crippen LogP contribution in [0.5, 0.6) is 0 Å². The van der Waals surface area contributed by atoms with Gasteiger partial charge in [0.25, 0.3) is 5.91 Å². The maximum Gasteiger partial charge on any atom is 0.261 e. The second-order valence-corrected chi connectivity index (χ2v) is 8.43. The Labute approximate surface area is 181 Å². The minimum atomic E-state index is -0.614. The highest BCUT2D eigenvalue weighted by Gasteiger charge is 2.17. The van der Waals surface area contributed by atoms with E-state index in [4.69, 9.17) is 0 Å². The average Bonchev–Trinajstić information content (AvgIpc) is 3.27. The first-order valence-electron chi connectivity index (χ1n) is 9.88. The van der Waals surface area contributed by atoms with Gasteiger partial charge < -0.3 is 15.5 Å². The van der Waals surface area contributed by atoms with E-state index in [-0.39, 0.29) is 11.8 Å². The summed E-state index contributed by atoms with van der Waals surface area (Å²) in [6.07, 6.45) is 0. The van der Waals surface area contributed by atoms with Crippen molar-refractivity contribution in [2.45, 2.75) is 26.1 Å². The summed E-state index contributed by atoms with van der Waals surface area (Å²) in [5.74, 6) is -0.443. The molecule has 0 saturated carbocycles. The van der Waals surface area contributed by atoms with Crippen LogP contribution in [0, 0.1) is 0 Å². The number of rotatable bonds is 8. The van der Waals surface area contributed by atoms with Gasteiger partial charge in [-0.2, -0.15) is 0 Å². The number of thiophene rings is 1. The lowest BCUT2D eigenvalue weighted by atomic mass is 9.98.